The van der Waals surface area contributed by atoms with E-state index in [4.69, 9.17) is 5.11 Å². The molecule has 15 heavy (non-hydrogen) atoms. The molecule has 1 atom stereocenters. The minimum atomic E-state index is -4.61. The third-order valence-corrected chi connectivity index (χ3v) is 1.57. The van der Waals surface area contributed by atoms with Crippen molar-refractivity contribution in [1.29, 1.82) is 0 Å². The molecule has 7 heteroatoms. The van der Waals surface area contributed by atoms with Crippen LogP contribution in [0.25, 0.3) is 0 Å². The molecule has 0 aromatic heterocycles. The van der Waals surface area contributed by atoms with Gasteiger partial charge in [0, 0.05) is 0 Å². The van der Waals surface area contributed by atoms with Crippen LogP contribution >= 0.6 is 0 Å². The quantitative estimate of drug-likeness (QED) is 0.744. The summed E-state index contributed by atoms with van der Waals surface area (Å²) in [4.78, 5) is 21.2. The average Bonchev–Trinajstić information content (AvgIpc) is 1.99. The SMILES string of the molecule is CCC[C@@H](NC(=O)CC(F)(F)F)C(=O)O. The molecule has 0 aliphatic heterocycles. The summed E-state index contributed by atoms with van der Waals surface area (Å²) >= 11 is 0. The van der Waals surface area contributed by atoms with Crippen molar-refractivity contribution >= 4 is 11.9 Å². The van der Waals surface area contributed by atoms with E-state index in [1.165, 1.54) is 0 Å². The van der Waals surface area contributed by atoms with Crippen molar-refractivity contribution in [1.82, 2.24) is 5.32 Å². The second-order valence-corrected chi connectivity index (χ2v) is 3.04. The fourth-order valence-electron chi connectivity index (χ4n) is 0.973. The van der Waals surface area contributed by atoms with Gasteiger partial charge in [-0.2, -0.15) is 13.2 Å². The van der Waals surface area contributed by atoms with Crippen molar-refractivity contribution in [3.63, 3.8) is 0 Å². The molecule has 0 bridgehead atoms. The van der Waals surface area contributed by atoms with E-state index < -0.39 is 30.5 Å². The summed E-state index contributed by atoms with van der Waals surface area (Å²) in [6.07, 6.45) is -5.69. The van der Waals surface area contributed by atoms with Gasteiger partial charge in [0.25, 0.3) is 0 Å². The zero-order valence-corrected chi connectivity index (χ0v) is 8.10. The number of alkyl halides is 3. The second-order valence-electron chi connectivity index (χ2n) is 3.04. The van der Waals surface area contributed by atoms with Gasteiger partial charge in [0.2, 0.25) is 5.91 Å². The van der Waals surface area contributed by atoms with Crippen LogP contribution in [0.5, 0.6) is 0 Å². The van der Waals surface area contributed by atoms with Gasteiger partial charge in [0.1, 0.15) is 12.5 Å². The molecule has 0 fully saturated rings. The number of amides is 1. The van der Waals surface area contributed by atoms with Crippen LogP contribution in [0.2, 0.25) is 0 Å². The maximum atomic E-state index is 11.7. The smallest absolute Gasteiger partial charge is 0.397 e. The number of nitrogens with one attached hydrogen (secondary N) is 1. The van der Waals surface area contributed by atoms with Crippen LogP contribution in [0.15, 0.2) is 0 Å². The summed E-state index contributed by atoms with van der Waals surface area (Å²) in [7, 11) is 0. The van der Waals surface area contributed by atoms with E-state index in [1.54, 1.807) is 6.92 Å². The van der Waals surface area contributed by atoms with E-state index >= 15 is 0 Å². The Labute approximate surface area is 84.5 Å². The molecule has 2 N–H and O–H groups in total. The van der Waals surface area contributed by atoms with Crippen molar-refractivity contribution in [2.45, 2.75) is 38.4 Å². The Balaban J connectivity index is 4.18. The number of carboxylic acid groups (broad SMARTS) is 1. The largest absolute Gasteiger partial charge is 0.480 e. The van der Waals surface area contributed by atoms with Crippen molar-refractivity contribution in [2.75, 3.05) is 0 Å². The van der Waals surface area contributed by atoms with E-state index in [0.29, 0.717) is 6.42 Å². The van der Waals surface area contributed by atoms with Crippen molar-refractivity contribution in [3.05, 3.63) is 0 Å². The molecule has 88 valence electrons. The molecule has 0 aromatic carbocycles. The fraction of sp³-hybridized carbons (Fsp3) is 0.750. The third kappa shape index (κ3) is 6.75. The molecule has 1 amide bonds. The Hall–Kier alpha value is -1.27. The van der Waals surface area contributed by atoms with E-state index in [9.17, 15) is 22.8 Å². The predicted octanol–water partition coefficient (Wildman–Crippen LogP) is 1.31. The lowest BCUT2D eigenvalue weighted by atomic mass is 10.1. The highest BCUT2D eigenvalue weighted by Gasteiger charge is 2.32. The van der Waals surface area contributed by atoms with Crippen molar-refractivity contribution < 1.29 is 27.9 Å². The lowest BCUT2D eigenvalue weighted by Gasteiger charge is -2.14. The molecule has 0 heterocycles. The highest BCUT2D eigenvalue weighted by Crippen LogP contribution is 2.19. The van der Waals surface area contributed by atoms with Crippen LogP contribution < -0.4 is 5.32 Å². The van der Waals surface area contributed by atoms with Gasteiger partial charge >= 0.3 is 12.1 Å². The minimum absolute atomic E-state index is 0.110. The van der Waals surface area contributed by atoms with Crippen LogP contribution in [0, 0.1) is 0 Å². The number of halogens is 3. The molecule has 0 saturated heterocycles. The van der Waals surface area contributed by atoms with Crippen LogP contribution in [0.4, 0.5) is 13.2 Å². The Morgan fingerprint density at radius 3 is 2.27 bits per heavy atom. The standard InChI is InChI=1S/C8H12F3NO3/c1-2-3-5(7(14)15)12-6(13)4-8(9,10)11/h5H,2-4H2,1H3,(H,12,13)(H,14,15)/t5-/m1/s1. The number of carbonyl (C=O) groups is 2. The average molecular weight is 227 g/mol. The molecular formula is C8H12F3NO3. The molecule has 0 aliphatic carbocycles. The van der Waals surface area contributed by atoms with E-state index in [2.05, 4.69) is 0 Å². The van der Waals surface area contributed by atoms with Gasteiger partial charge in [-0.05, 0) is 6.42 Å². The first-order valence-electron chi connectivity index (χ1n) is 4.35. The number of hydrogen-bond acceptors (Lipinski definition) is 2. The van der Waals surface area contributed by atoms with Gasteiger partial charge in [0.05, 0.1) is 0 Å². The monoisotopic (exact) mass is 227 g/mol. The molecule has 0 saturated carbocycles. The summed E-state index contributed by atoms with van der Waals surface area (Å²) in [6.45, 7) is 1.67. The highest BCUT2D eigenvalue weighted by molar-refractivity contribution is 5.83. The van der Waals surface area contributed by atoms with E-state index in [1.807, 2.05) is 5.32 Å². The zero-order chi connectivity index (χ0) is 12.1. The van der Waals surface area contributed by atoms with Gasteiger partial charge in [0.15, 0.2) is 0 Å². The molecule has 0 aliphatic rings. The predicted molar refractivity (Wildman–Crippen MR) is 45.1 cm³/mol. The molecule has 0 radical (unpaired) electrons. The lowest BCUT2D eigenvalue weighted by molar-refractivity contribution is -0.156. The molecule has 0 spiro atoms. The minimum Gasteiger partial charge on any atom is -0.480 e. The number of carboxylic acids is 1. The van der Waals surface area contributed by atoms with Crippen LogP contribution in [-0.4, -0.2) is 29.2 Å². The fourth-order valence-corrected chi connectivity index (χ4v) is 0.973. The summed E-state index contributed by atoms with van der Waals surface area (Å²) in [5.74, 6) is -2.64. The van der Waals surface area contributed by atoms with Gasteiger partial charge in [-0.1, -0.05) is 13.3 Å². The molecule has 0 unspecified atom stereocenters. The van der Waals surface area contributed by atoms with Gasteiger partial charge in [-0.15, -0.1) is 0 Å². The van der Waals surface area contributed by atoms with Crippen molar-refractivity contribution in [3.8, 4) is 0 Å². The second kappa shape index (κ2) is 5.57. The van der Waals surface area contributed by atoms with Crippen molar-refractivity contribution in [2.24, 2.45) is 0 Å². The topological polar surface area (TPSA) is 66.4 Å². The van der Waals surface area contributed by atoms with E-state index in [-0.39, 0.29) is 6.42 Å². The first-order valence-corrected chi connectivity index (χ1v) is 4.35. The Kier molecular flexibility index (Phi) is 5.10. The number of carbonyl (C=O) groups excluding carboxylic acids is 1. The van der Waals surface area contributed by atoms with E-state index in [0.717, 1.165) is 0 Å². The summed E-state index contributed by atoms with van der Waals surface area (Å²) < 4.78 is 35.2. The first-order chi connectivity index (χ1) is 6.76. The molecule has 0 aromatic rings. The summed E-state index contributed by atoms with van der Waals surface area (Å²) in [5, 5.41) is 10.4. The third-order valence-electron chi connectivity index (χ3n) is 1.57. The summed E-state index contributed by atoms with van der Waals surface area (Å²) in [6, 6.07) is -1.25. The highest BCUT2D eigenvalue weighted by atomic mass is 19.4. The molecule has 4 nitrogen and oxygen atoms in total. The normalized spacial score (nSPS) is 13.3. The first kappa shape index (κ1) is 13.7. The molecular weight excluding hydrogens is 215 g/mol. The molecule has 0 rings (SSSR count). The van der Waals surface area contributed by atoms with Gasteiger partial charge in [-0.3, -0.25) is 4.79 Å². The zero-order valence-electron chi connectivity index (χ0n) is 8.10. The number of hydrogen-bond donors (Lipinski definition) is 2. The number of aliphatic carboxylic acids is 1. The summed E-state index contributed by atoms with van der Waals surface area (Å²) in [5.41, 5.74) is 0. The lowest BCUT2D eigenvalue weighted by Crippen LogP contribution is -2.42. The number of rotatable bonds is 5. The Morgan fingerprint density at radius 1 is 1.40 bits per heavy atom. The Bertz CT molecular complexity index is 240. The van der Waals surface area contributed by atoms with Crippen LogP contribution in [0.1, 0.15) is 26.2 Å². The van der Waals surface area contributed by atoms with Gasteiger partial charge < -0.3 is 10.4 Å². The van der Waals surface area contributed by atoms with Gasteiger partial charge in [-0.25, -0.2) is 4.79 Å². The van der Waals surface area contributed by atoms with Crippen LogP contribution in [0.3, 0.4) is 0 Å². The van der Waals surface area contributed by atoms with Crippen LogP contribution in [-0.2, 0) is 9.59 Å². The Morgan fingerprint density at radius 2 is 1.93 bits per heavy atom. The maximum Gasteiger partial charge on any atom is 0.397 e. The maximum absolute atomic E-state index is 11.7.